The monoisotopic (exact) mass is 227 g/mol. The Morgan fingerprint density at radius 2 is 2.14 bits per heavy atom. The second-order valence-electron chi connectivity index (χ2n) is 2.74. The molecule has 0 radical (unpaired) electrons. The topological polar surface area (TPSA) is 49.6 Å². The SMILES string of the molecule is Cc1nnc(SCCCl)c(C#N)c1C. The van der Waals surface area contributed by atoms with Crippen LogP contribution in [0.5, 0.6) is 0 Å². The predicted octanol–water partition coefficient (Wildman–Crippen LogP) is 2.30. The number of halogens is 1. The molecule has 1 aromatic heterocycles. The van der Waals surface area contributed by atoms with E-state index >= 15 is 0 Å². The minimum atomic E-state index is 0.546. The minimum Gasteiger partial charge on any atom is -0.192 e. The third-order valence-corrected chi connectivity index (χ3v) is 3.23. The van der Waals surface area contributed by atoms with E-state index in [1.165, 1.54) is 11.8 Å². The van der Waals surface area contributed by atoms with Crippen LogP contribution in [0.1, 0.15) is 16.8 Å². The van der Waals surface area contributed by atoms with Crippen LogP contribution in [0.15, 0.2) is 5.03 Å². The molecular formula is C9H10ClN3S. The van der Waals surface area contributed by atoms with Gasteiger partial charge in [-0.2, -0.15) is 10.4 Å². The highest BCUT2D eigenvalue weighted by Gasteiger charge is 2.10. The number of aromatic nitrogens is 2. The first kappa shape index (κ1) is 11.3. The first-order chi connectivity index (χ1) is 6.70. The largest absolute Gasteiger partial charge is 0.192 e. The lowest BCUT2D eigenvalue weighted by molar-refractivity contribution is 0.871. The Morgan fingerprint density at radius 3 is 2.71 bits per heavy atom. The minimum absolute atomic E-state index is 0.546. The summed E-state index contributed by atoms with van der Waals surface area (Å²) in [6.07, 6.45) is 0. The molecule has 1 rings (SSSR count). The fourth-order valence-electron chi connectivity index (χ4n) is 0.955. The Balaban J connectivity index is 3.06. The van der Waals surface area contributed by atoms with Crippen molar-refractivity contribution in [3.05, 3.63) is 16.8 Å². The van der Waals surface area contributed by atoms with Gasteiger partial charge in [0.2, 0.25) is 0 Å². The fraction of sp³-hybridized carbons (Fsp3) is 0.444. The van der Waals surface area contributed by atoms with Gasteiger partial charge in [0.15, 0.2) is 0 Å². The maximum Gasteiger partial charge on any atom is 0.137 e. The summed E-state index contributed by atoms with van der Waals surface area (Å²) in [4.78, 5) is 0. The number of alkyl halides is 1. The van der Waals surface area contributed by atoms with Gasteiger partial charge in [0, 0.05) is 11.6 Å². The van der Waals surface area contributed by atoms with Crippen molar-refractivity contribution in [2.45, 2.75) is 18.9 Å². The molecule has 1 heterocycles. The van der Waals surface area contributed by atoms with E-state index in [1.54, 1.807) is 0 Å². The lowest BCUT2D eigenvalue weighted by Gasteiger charge is -2.04. The third kappa shape index (κ3) is 2.37. The summed E-state index contributed by atoms with van der Waals surface area (Å²) in [6.45, 7) is 3.73. The van der Waals surface area contributed by atoms with E-state index in [2.05, 4.69) is 16.3 Å². The van der Waals surface area contributed by atoms with Crippen molar-refractivity contribution in [2.24, 2.45) is 0 Å². The number of aryl methyl sites for hydroxylation is 1. The van der Waals surface area contributed by atoms with Gasteiger partial charge in [0.25, 0.3) is 0 Å². The zero-order valence-electron chi connectivity index (χ0n) is 8.04. The Morgan fingerprint density at radius 1 is 1.43 bits per heavy atom. The molecule has 0 saturated carbocycles. The average Bonchev–Trinajstić information content (AvgIpc) is 2.20. The van der Waals surface area contributed by atoms with Crippen LogP contribution < -0.4 is 0 Å². The molecule has 0 N–H and O–H groups in total. The quantitative estimate of drug-likeness (QED) is 0.587. The van der Waals surface area contributed by atoms with E-state index < -0.39 is 0 Å². The Hall–Kier alpha value is -0.790. The zero-order chi connectivity index (χ0) is 10.6. The van der Waals surface area contributed by atoms with Crippen molar-refractivity contribution >= 4 is 23.4 Å². The lowest BCUT2D eigenvalue weighted by Crippen LogP contribution is -1.99. The fourth-order valence-corrected chi connectivity index (χ4v) is 1.90. The zero-order valence-corrected chi connectivity index (χ0v) is 9.61. The Labute approximate surface area is 92.5 Å². The first-order valence-corrected chi connectivity index (χ1v) is 5.65. The molecule has 0 aliphatic carbocycles. The molecule has 0 fully saturated rings. The van der Waals surface area contributed by atoms with Crippen LogP contribution in [0.25, 0.3) is 0 Å². The van der Waals surface area contributed by atoms with Crippen LogP contribution in [-0.2, 0) is 0 Å². The molecule has 0 saturated heterocycles. The molecule has 0 spiro atoms. The van der Waals surface area contributed by atoms with Gasteiger partial charge in [-0.25, -0.2) is 0 Å². The molecule has 1 aromatic rings. The average molecular weight is 228 g/mol. The van der Waals surface area contributed by atoms with Crippen LogP contribution in [0.4, 0.5) is 0 Å². The highest BCUT2D eigenvalue weighted by molar-refractivity contribution is 7.99. The summed E-state index contributed by atoms with van der Waals surface area (Å²) in [5.41, 5.74) is 2.32. The molecular weight excluding hydrogens is 218 g/mol. The summed E-state index contributed by atoms with van der Waals surface area (Å²) < 4.78 is 0. The smallest absolute Gasteiger partial charge is 0.137 e. The van der Waals surface area contributed by atoms with Gasteiger partial charge in [-0.1, -0.05) is 0 Å². The second kappa shape index (κ2) is 5.18. The normalized spacial score (nSPS) is 9.86. The van der Waals surface area contributed by atoms with Crippen molar-refractivity contribution in [2.75, 3.05) is 11.6 Å². The maximum absolute atomic E-state index is 8.96. The number of hydrogen-bond acceptors (Lipinski definition) is 4. The van der Waals surface area contributed by atoms with Crippen LogP contribution in [-0.4, -0.2) is 21.8 Å². The Bertz CT molecular complexity index is 373. The summed E-state index contributed by atoms with van der Waals surface area (Å²) >= 11 is 7.03. The van der Waals surface area contributed by atoms with Crippen LogP contribution in [0.3, 0.4) is 0 Å². The molecule has 0 aliphatic heterocycles. The van der Waals surface area contributed by atoms with Gasteiger partial charge in [-0.05, 0) is 19.4 Å². The lowest BCUT2D eigenvalue weighted by atomic mass is 10.1. The number of hydrogen-bond donors (Lipinski definition) is 0. The van der Waals surface area contributed by atoms with Crippen molar-refractivity contribution in [1.82, 2.24) is 10.2 Å². The summed E-state index contributed by atoms with van der Waals surface area (Å²) in [6, 6.07) is 2.15. The highest BCUT2D eigenvalue weighted by Crippen LogP contribution is 2.22. The van der Waals surface area contributed by atoms with E-state index in [0.29, 0.717) is 16.5 Å². The summed E-state index contributed by atoms with van der Waals surface area (Å²) in [5.74, 6) is 1.29. The third-order valence-electron chi connectivity index (χ3n) is 1.85. The van der Waals surface area contributed by atoms with E-state index in [-0.39, 0.29) is 0 Å². The van der Waals surface area contributed by atoms with Crippen molar-refractivity contribution in [3.63, 3.8) is 0 Å². The van der Waals surface area contributed by atoms with Gasteiger partial charge in [-0.3, -0.25) is 0 Å². The number of thioether (sulfide) groups is 1. The number of rotatable bonds is 3. The van der Waals surface area contributed by atoms with E-state index in [4.69, 9.17) is 16.9 Å². The molecule has 0 atom stereocenters. The van der Waals surface area contributed by atoms with Gasteiger partial charge in [0.05, 0.1) is 11.3 Å². The standard InChI is InChI=1S/C9H10ClN3S/c1-6-7(2)12-13-9(8(6)5-11)14-4-3-10/h3-4H2,1-2H3. The number of nitriles is 1. The van der Waals surface area contributed by atoms with Crippen LogP contribution >= 0.6 is 23.4 Å². The Kier molecular flexibility index (Phi) is 4.18. The predicted molar refractivity (Wildman–Crippen MR) is 57.7 cm³/mol. The molecule has 74 valence electrons. The van der Waals surface area contributed by atoms with Gasteiger partial charge >= 0.3 is 0 Å². The van der Waals surface area contributed by atoms with Crippen molar-refractivity contribution in [1.29, 1.82) is 5.26 Å². The van der Waals surface area contributed by atoms with Crippen molar-refractivity contribution < 1.29 is 0 Å². The van der Waals surface area contributed by atoms with E-state index in [1.807, 2.05) is 13.8 Å². The van der Waals surface area contributed by atoms with Gasteiger partial charge in [-0.15, -0.1) is 28.5 Å². The van der Waals surface area contributed by atoms with Crippen LogP contribution in [0, 0.1) is 25.2 Å². The molecule has 0 aliphatic rings. The highest BCUT2D eigenvalue weighted by atomic mass is 35.5. The van der Waals surface area contributed by atoms with Gasteiger partial charge in [0.1, 0.15) is 11.1 Å². The molecule has 0 aromatic carbocycles. The molecule has 0 unspecified atom stereocenters. The molecule has 5 heteroatoms. The molecule has 3 nitrogen and oxygen atoms in total. The first-order valence-electron chi connectivity index (χ1n) is 4.13. The number of nitrogens with zero attached hydrogens (tertiary/aromatic N) is 3. The molecule has 14 heavy (non-hydrogen) atoms. The molecule has 0 bridgehead atoms. The van der Waals surface area contributed by atoms with Crippen molar-refractivity contribution in [3.8, 4) is 6.07 Å². The second-order valence-corrected chi connectivity index (χ2v) is 4.20. The summed E-state index contributed by atoms with van der Waals surface area (Å²) in [5, 5.41) is 17.6. The van der Waals surface area contributed by atoms with Crippen LogP contribution in [0.2, 0.25) is 0 Å². The van der Waals surface area contributed by atoms with E-state index in [9.17, 15) is 0 Å². The molecule has 0 amide bonds. The summed E-state index contributed by atoms with van der Waals surface area (Å²) in [7, 11) is 0. The van der Waals surface area contributed by atoms with E-state index in [0.717, 1.165) is 17.0 Å². The van der Waals surface area contributed by atoms with Gasteiger partial charge < -0.3 is 0 Å². The maximum atomic E-state index is 8.96.